The Morgan fingerprint density at radius 2 is 2.28 bits per heavy atom. The molecule has 3 unspecified atom stereocenters. The molecule has 1 aliphatic heterocycles. The standard InChI is InChI=1S/C13H26N2O3/c1-4-13(14,12(16)17)7-5-8-15(3)11-6-9-18-10(11)2/h10-11H,4-9,14H2,1-3H3,(H,16,17). The van der Waals surface area contributed by atoms with Crippen LogP contribution in [0.5, 0.6) is 0 Å². The van der Waals surface area contributed by atoms with Gasteiger partial charge >= 0.3 is 5.97 Å². The number of aliphatic carboxylic acids is 1. The van der Waals surface area contributed by atoms with Crippen molar-refractivity contribution in [2.45, 2.75) is 57.2 Å². The summed E-state index contributed by atoms with van der Waals surface area (Å²) in [5.74, 6) is -0.898. The largest absolute Gasteiger partial charge is 0.480 e. The lowest BCUT2D eigenvalue weighted by molar-refractivity contribution is -0.143. The van der Waals surface area contributed by atoms with E-state index in [4.69, 9.17) is 15.6 Å². The quantitative estimate of drug-likeness (QED) is 0.714. The van der Waals surface area contributed by atoms with Gasteiger partial charge in [-0.2, -0.15) is 0 Å². The molecule has 5 heteroatoms. The van der Waals surface area contributed by atoms with Crippen LogP contribution in [0.1, 0.15) is 39.5 Å². The molecule has 0 bridgehead atoms. The molecule has 0 aromatic carbocycles. The van der Waals surface area contributed by atoms with Crippen molar-refractivity contribution in [2.75, 3.05) is 20.2 Å². The van der Waals surface area contributed by atoms with E-state index in [9.17, 15) is 4.79 Å². The average molecular weight is 258 g/mol. The number of nitrogens with zero attached hydrogens (tertiary/aromatic N) is 1. The first-order valence-corrected chi connectivity index (χ1v) is 6.75. The summed E-state index contributed by atoms with van der Waals surface area (Å²) in [4.78, 5) is 13.3. The van der Waals surface area contributed by atoms with Crippen LogP contribution < -0.4 is 5.73 Å². The van der Waals surface area contributed by atoms with Crippen LogP contribution >= 0.6 is 0 Å². The number of likely N-dealkylation sites (N-methyl/N-ethyl adjacent to an activating group) is 1. The summed E-state index contributed by atoms with van der Waals surface area (Å²) in [5.41, 5.74) is 4.79. The molecular weight excluding hydrogens is 232 g/mol. The molecule has 1 aliphatic rings. The zero-order valence-corrected chi connectivity index (χ0v) is 11.7. The lowest BCUT2D eigenvalue weighted by Gasteiger charge is -2.28. The molecule has 0 aromatic heterocycles. The van der Waals surface area contributed by atoms with Crippen LogP contribution in [0.4, 0.5) is 0 Å². The third kappa shape index (κ3) is 3.67. The number of hydrogen-bond donors (Lipinski definition) is 2. The zero-order valence-electron chi connectivity index (χ0n) is 11.7. The topological polar surface area (TPSA) is 75.8 Å². The molecule has 18 heavy (non-hydrogen) atoms. The second-order valence-electron chi connectivity index (χ2n) is 5.33. The third-order valence-electron chi connectivity index (χ3n) is 4.09. The van der Waals surface area contributed by atoms with Gasteiger partial charge in [-0.3, -0.25) is 4.79 Å². The molecule has 0 aromatic rings. The van der Waals surface area contributed by atoms with Gasteiger partial charge in [-0.1, -0.05) is 6.92 Å². The van der Waals surface area contributed by atoms with Gasteiger partial charge in [-0.15, -0.1) is 0 Å². The molecule has 1 saturated heterocycles. The van der Waals surface area contributed by atoms with E-state index in [0.717, 1.165) is 26.0 Å². The number of hydrogen-bond acceptors (Lipinski definition) is 4. The minimum Gasteiger partial charge on any atom is -0.480 e. The average Bonchev–Trinajstić information content (AvgIpc) is 2.74. The van der Waals surface area contributed by atoms with Crippen LogP contribution in [0.3, 0.4) is 0 Å². The first-order valence-electron chi connectivity index (χ1n) is 6.75. The fourth-order valence-corrected chi connectivity index (χ4v) is 2.54. The molecule has 0 aliphatic carbocycles. The highest BCUT2D eigenvalue weighted by Crippen LogP contribution is 2.20. The van der Waals surface area contributed by atoms with Gasteiger partial charge in [0.2, 0.25) is 0 Å². The van der Waals surface area contributed by atoms with Gasteiger partial charge in [0.15, 0.2) is 0 Å². The van der Waals surface area contributed by atoms with Crippen LogP contribution in [-0.4, -0.2) is 53.9 Å². The van der Waals surface area contributed by atoms with E-state index in [2.05, 4.69) is 18.9 Å². The number of rotatable bonds is 7. The second-order valence-corrected chi connectivity index (χ2v) is 5.33. The number of carboxylic acids is 1. The summed E-state index contributed by atoms with van der Waals surface area (Å²) in [6.45, 7) is 5.60. The maximum atomic E-state index is 11.1. The predicted octanol–water partition coefficient (Wildman–Crippen LogP) is 1.07. The lowest BCUT2D eigenvalue weighted by Crippen LogP contribution is -2.48. The Kier molecular flexibility index (Phi) is 5.56. The SMILES string of the molecule is CCC(N)(CCCN(C)C1CCOC1C)C(=O)O. The van der Waals surface area contributed by atoms with Gasteiger partial charge < -0.3 is 20.5 Å². The summed E-state index contributed by atoms with van der Waals surface area (Å²) >= 11 is 0. The Bertz CT molecular complexity index is 285. The van der Waals surface area contributed by atoms with Gasteiger partial charge in [0.05, 0.1) is 6.10 Å². The van der Waals surface area contributed by atoms with E-state index in [1.165, 1.54) is 0 Å². The van der Waals surface area contributed by atoms with E-state index in [0.29, 0.717) is 18.9 Å². The Morgan fingerprint density at radius 1 is 1.61 bits per heavy atom. The van der Waals surface area contributed by atoms with Crippen molar-refractivity contribution < 1.29 is 14.6 Å². The molecule has 1 heterocycles. The predicted molar refractivity (Wildman–Crippen MR) is 70.5 cm³/mol. The van der Waals surface area contributed by atoms with Gasteiger partial charge in [-0.05, 0) is 46.2 Å². The highest BCUT2D eigenvalue weighted by Gasteiger charge is 2.32. The summed E-state index contributed by atoms with van der Waals surface area (Å²) in [6, 6.07) is 0.448. The maximum Gasteiger partial charge on any atom is 0.323 e. The van der Waals surface area contributed by atoms with Crippen molar-refractivity contribution in [3.8, 4) is 0 Å². The van der Waals surface area contributed by atoms with E-state index < -0.39 is 11.5 Å². The van der Waals surface area contributed by atoms with Crippen LogP contribution in [0, 0.1) is 0 Å². The highest BCUT2D eigenvalue weighted by atomic mass is 16.5. The molecule has 0 amide bonds. The summed E-state index contributed by atoms with van der Waals surface area (Å²) in [5, 5.41) is 9.09. The number of carbonyl (C=O) groups is 1. The minimum absolute atomic E-state index is 0.267. The van der Waals surface area contributed by atoms with Crippen molar-refractivity contribution in [1.82, 2.24) is 4.90 Å². The summed E-state index contributed by atoms with van der Waals surface area (Å²) < 4.78 is 5.53. The van der Waals surface area contributed by atoms with Crippen LogP contribution in [0.15, 0.2) is 0 Å². The molecular formula is C13H26N2O3. The normalized spacial score (nSPS) is 27.4. The van der Waals surface area contributed by atoms with Crippen molar-refractivity contribution in [1.29, 1.82) is 0 Å². The smallest absolute Gasteiger partial charge is 0.323 e. The molecule has 0 radical (unpaired) electrons. The number of ether oxygens (including phenoxy) is 1. The van der Waals surface area contributed by atoms with Gasteiger partial charge in [0.1, 0.15) is 5.54 Å². The van der Waals surface area contributed by atoms with E-state index in [1.807, 2.05) is 6.92 Å². The molecule has 3 N–H and O–H groups in total. The van der Waals surface area contributed by atoms with Crippen molar-refractivity contribution in [3.05, 3.63) is 0 Å². The van der Waals surface area contributed by atoms with E-state index in [1.54, 1.807) is 0 Å². The number of nitrogens with two attached hydrogens (primary N) is 1. The Balaban J connectivity index is 2.34. The highest BCUT2D eigenvalue weighted by molar-refractivity contribution is 5.78. The maximum absolute atomic E-state index is 11.1. The van der Waals surface area contributed by atoms with Crippen LogP contribution in [0.2, 0.25) is 0 Å². The van der Waals surface area contributed by atoms with E-state index in [-0.39, 0.29) is 6.10 Å². The molecule has 1 fully saturated rings. The van der Waals surface area contributed by atoms with E-state index >= 15 is 0 Å². The minimum atomic E-state index is -1.07. The molecule has 0 spiro atoms. The van der Waals surface area contributed by atoms with Gasteiger partial charge in [-0.25, -0.2) is 0 Å². The first kappa shape index (κ1) is 15.4. The van der Waals surface area contributed by atoms with Gasteiger partial charge in [0.25, 0.3) is 0 Å². The number of carboxylic acid groups (broad SMARTS) is 1. The van der Waals surface area contributed by atoms with Crippen LogP contribution in [-0.2, 0) is 9.53 Å². The summed E-state index contributed by atoms with van der Waals surface area (Å²) in [6.07, 6.45) is 3.11. The third-order valence-corrected chi connectivity index (χ3v) is 4.09. The molecule has 0 saturated carbocycles. The zero-order chi connectivity index (χ0) is 13.8. The Labute approximate surface area is 109 Å². The molecule has 5 nitrogen and oxygen atoms in total. The monoisotopic (exact) mass is 258 g/mol. The van der Waals surface area contributed by atoms with Crippen molar-refractivity contribution >= 4 is 5.97 Å². The fraction of sp³-hybridized carbons (Fsp3) is 0.923. The van der Waals surface area contributed by atoms with Crippen LogP contribution in [0.25, 0.3) is 0 Å². The Morgan fingerprint density at radius 3 is 2.72 bits per heavy atom. The van der Waals surface area contributed by atoms with Gasteiger partial charge in [0, 0.05) is 12.6 Å². The van der Waals surface area contributed by atoms with Crippen molar-refractivity contribution in [3.63, 3.8) is 0 Å². The molecule has 106 valence electrons. The summed E-state index contributed by atoms with van der Waals surface area (Å²) in [7, 11) is 2.07. The van der Waals surface area contributed by atoms with Crippen molar-refractivity contribution in [2.24, 2.45) is 5.73 Å². The second kappa shape index (κ2) is 6.50. The first-order chi connectivity index (χ1) is 8.40. The molecule has 1 rings (SSSR count). The lowest BCUT2D eigenvalue weighted by atomic mass is 9.91. The Hall–Kier alpha value is -0.650. The fourth-order valence-electron chi connectivity index (χ4n) is 2.54. The molecule has 3 atom stereocenters.